The van der Waals surface area contributed by atoms with Crippen LogP contribution in [0.1, 0.15) is 22.5 Å². The number of anilines is 2. The highest BCUT2D eigenvalue weighted by molar-refractivity contribution is 6.06. The van der Waals surface area contributed by atoms with Crippen LogP contribution >= 0.6 is 0 Å². The number of aryl methyl sites for hydroxylation is 1. The summed E-state index contributed by atoms with van der Waals surface area (Å²) in [6.45, 7) is 4.26. The number of hydrogen-bond donors (Lipinski definition) is 3. The number of halogens is 1. The molecule has 0 aliphatic carbocycles. The van der Waals surface area contributed by atoms with Crippen LogP contribution in [0.2, 0.25) is 0 Å². The van der Waals surface area contributed by atoms with E-state index >= 15 is 0 Å². The van der Waals surface area contributed by atoms with Gasteiger partial charge in [0.25, 0.3) is 5.91 Å². The molecule has 0 unspecified atom stereocenters. The monoisotopic (exact) mass is 424 g/mol. The van der Waals surface area contributed by atoms with Crippen LogP contribution in [0, 0.1) is 12.7 Å². The fraction of sp³-hybridized carbons (Fsp3) is 0.304. The predicted octanol–water partition coefficient (Wildman–Crippen LogP) is 2.90. The Bertz CT molecular complexity index is 1080. The zero-order valence-corrected chi connectivity index (χ0v) is 17.3. The fourth-order valence-electron chi connectivity index (χ4n) is 3.89. The van der Waals surface area contributed by atoms with E-state index < -0.39 is 0 Å². The summed E-state index contributed by atoms with van der Waals surface area (Å²) < 4.78 is 14.1. The Morgan fingerprint density at radius 1 is 1.13 bits per heavy atom. The maximum Gasteiger partial charge on any atom is 0.272 e. The number of benzene rings is 2. The third kappa shape index (κ3) is 4.39. The minimum atomic E-state index is -0.366. The average Bonchev–Trinajstić information content (AvgIpc) is 3.24. The van der Waals surface area contributed by atoms with Gasteiger partial charge in [0.05, 0.1) is 12.1 Å². The first-order valence-corrected chi connectivity index (χ1v) is 10.3. The summed E-state index contributed by atoms with van der Waals surface area (Å²) in [5, 5.41) is 12.2. The van der Waals surface area contributed by atoms with E-state index in [1.165, 1.54) is 12.1 Å². The molecule has 2 heterocycles. The van der Waals surface area contributed by atoms with Gasteiger partial charge in [-0.3, -0.25) is 9.59 Å². The van der Waals surface area contributed by atoms with Gasteiger partial charge in [-0.1, -0.05) is 12.1 Å². The van der Waals surface area contributed by atoms with Crippen molar-refractivity contribution in [1.82, 2.24) is 9.88 Å². The quantitative estimate of drug-likeness (QED) is 0.588. The van der Waals surface area contributed by atoms with E-state index in [4.69, 9.17) is 5.11 Å². The number of aliphatic hydroxyl groups excluding tert-OH is 1. The second-order valence-corrected chi connectivity index (χ2v) is 7.68. The molecule has 0 spiro atoms. The maximum absolute atomic E-state index is 14.1. The van der Waals surface area contributed by atoms with E-state index in [9.17, 15) is 14.0 Å². The number of rotatable bonds is 5. The minimum Gasteiger partial charge on any atom is -0.396 e. The first-order valence-electron chi connectivity index (χ1n) is 10.3. The smallest absolute Gasteiger partial charge is 0.272 e. The first-order chi connectivity index (χ1) is 15.0. The van der Waals surface area contributed by atoms with Crippen molar-refractivity contribution in [2.45, 2.75) is 13.3 Å². The molecule has 7 nitrogen and oxygen atoms in total. The second kappa shape index (κ2) is 8.77. The molecule has 0 radical (unpaired) electrons. The molecule has 31 heavy (non-hydrogen) atoms. The van der Waals surface area contributed by atoms with Gasteiger partial charge in [0.15, 0.2) is 0 Å². The SMILES string of the molecule is Cc1ccc(F)c2cc(C(=O)Nc3cccc(N4CCN(C(=O)CCO)CC4)c3)[nH]c12. The Morgan fingerprint density at radius 2 is 1.90 bits per heavy atom. The summed E-state index contributed by atoms with van der Waals surface area (Å²) in [4.78, 5) is 31.6. The lowest BCUT2D eigenvalue weighted by molar-refractivity contribution is -0.132. The molecule has 1 saturated heterocycles. The third-order valence-corrected chi connectivity index (χ3v) is 5.62. The highest BCUT2D eigenvalue weighted by atomic mass is 19.1. The molecule has 1 fully saturated rings. The number of aromatic amines is 1. The first kappa shape index (κ1) is 20.9. The zero-order valence-electron chi connectivity index (χ0n) is 17.3. The largest absolute Gasteiger partial charge is 0.396 e. The van der Waals surface area contributed by atoms with Crippen molar-refractivity contribution >= 4 is 34.1 Å². The van der Waals surface area contributed by atoms with E-state index in [1.807, 2.05) is 25.1 Å². The highest BCUT2D eigenvalue weighted by Crippen LogP contribution is 2.24. The van der Waals surface area contributed by atoms with Gasteiger partial charge in [-0.25, -0.2) is 4.39 Å². The molecule has 1 aliphatic heterocycles. The van der Waals surface area contributed by atoms with E-state index in [2.05, 4.69) is 15.2 Å². The van der Waals surface area contributed by atoms with Crippen LogP contribution in [0.5, 0.6) is 0 Å². The van der Waals surface area contributed by atoms with Crippen LogP contribution in [0.15, 0.2) is 42.5 Å². The lowest BCUT2D eigenvalue weighted by atomic mass is 10.1. The summed E-state index contributed by atoms with van der Waals surface area (Å²) in [6.07, 6.45) is 0.151. The summed E-state index contributed by atoms with van der Waals surface area (Å²) in [6, 6.07) is 12.1. The number of amides is 2. The molecule has 3 N–H and O–H groups in total. The molecule has 2 amide bonds. The molecule has 0 saturated carbocycles. The Morgan fingerprint density at radius 3 is 2.61 bits per heavy atom. The number of aromatic nitrogens is 1. The Hall–Kier alpha value is -3.39. The average molecular weight is 424 g/mol. The lowest BCUT2D eigenvalue weighted by Gasteiger charge is -2.36. The normalized spacial score (nSPS) is 14.2. The summed E-state index contributed by atoms with van der Waals surface area (Å²) in [5.41, 5.74) is 3.37. The number of fused-ring (bicyclic) bond motifs is 1. The molecule has 4 rings (SSSR count). The van der Waals surface area contributed by atoms with Crippen molar-refractivity contribution in [3.05, 3.63) is 59.5 Å². The fourth-order valence-corrected chi connectivity index (χ4v) is 3.89. The Balaban J connectivity index is 1.44. The van der Waals surface area contributed by atoms with Gasteiger partial charge in [-0.2, -0.15) is 0 Å². The number of hydrogen-bond acceptors (Lipinski definition) is 4. The van der Waals surface area contributed by atoms with Gasteiger partial charge in [0.2, 0.25) is 5.91 Å². The number of H-pyrrole nitrogens is 1. The van der Waals surface area contributed by atoms with Crippen molar-refractivity contribution in [1.29, 1.82) is 0 Å². The number of piperazine rings is 1. The maximum atomic E-state index is 14.1. The van der Waals surface area contributed by atoms with Crippen molar-refractivity contribution < 1.29 is 19.1 Å². The van der Waals surface area contributed by atoms with Gasteiger partial charge >= 0.3 is 0 Å². The molecule has 0 atom stereocenters. The van der Waals surface area contributed by atoms with Gasteiger partial charge in [0.1, 0.15) is 11.5 Å². The molecule has 162 valence electrons. The van der Waals surface area contributed by atoms with Gasteiger partial charge < -0.3 is 25.2 Å². The Labute approximate surface area is 179 Å². The molecule has 2 aromatic carbocycles. The highest BCUT2D eigenvalue weighted by Gasteiger charge is 2.21. The van der Waals surface area contributed by atoms with Crippen molar-refractivity contribution in [3.63, 3.8) is 0 Å². The van der Waals surface area contributed by atoms with Crippen LogP contribution in [0.25, 0.3) is 10.9 Å². The lowest BCUT2D eigenvalue weighted by Crippen LogP contribution is -2.48. The molecular weight excluding hydrogens is 399 g/mol. The topological polar surface area (TPSA) is 88.7 Å². The number of nitrogens with zero attached hydrogens (tertiary/aromatic N) is 2. The Kier molecular flexibility index (Phi) is 5.90. The predicted molar refractivity (Wildman–Crippen MR) is 118 cm³/mol. The number of carbonyl (C=O) groups is 2. The molecule has 1 aromatic heterocycles. The minimum absolute atomic E-state index is 0.0341. The van der Waals surface area contributed by atoms with E-state index in [0.29, 0.717) is 48.5 Å². The summed E-state index contributed by atoms with van der Waals surface area (Å²) in [7, 11) is 0. The standard InChI is InChI=1S/C23H25FN4O3/c1-15-5-6-19(24)18-14-20(26-22(15)18)23(31)25-16-3-2-4-17(13-16)27-8-10-28(11-9-27)21(30)7-12-29/h2-6,13-14,26,29H,7-12H2,1H3,(H,25,31). The van der Waals surface area contributed by atoms with E-state index in [0.717, 1.165) is 11.3 Å². The summed E-state index contributed by atoms with van der Waals surface area (Å²) >= 11 is 0. The van der Waals surface area contributed by atoms with Crippen molar-refractivity contribution in [2.75, 3.05) is 43.0 Å². The molecular formula is C23H25FN4O3. The molecule has 8 heteroatoms. The van der Waals surface area contributed by atoms with Crippen LogP contribution in [0.4, 0.5) is 15.8 Å². The zero-order chi connectivity index (χ0) is 22.0. The summed E-state index contributed by atoms with van der Waals surface area (Å²) in [5.74, 6) is -0.741. The van der Waals surface area contributed by atoms with Gasteiger partial charge in [-0.15, -0.1) is 0 Å². The molecule has 3 aromatic rings. The second-order valence-electron chi connectivity index (χ2n) is 7.68. The molecule has 1 aliphatic rings. The van der Waals surface area contributed by atoms with Crippen molar-refractivity contribution in [2.24, 2.45) is 0 Å². The number of carbonyl (C=O) groups excluding carboxylic acids is 2. The van der Waals surface area contributed by atoms with Crippen LogP contribution in [-0.2, 0) is 4.79 Å². The van der Waals surface area contributed by atoms with Crippen molar-refractivity contribution in [3.8, 4) is 0 Å². The van der Waals surface area contributed by atoms with Crippen LogP contribution in [0.3, 0.4) is 0 Å². The van der Waals surface area contributed by atoms with E-state index in [1.54, 1.807) is 17.0 Å². The number of aliphatic hydroxyl groups is 1. The van der Waals surface area contributed by atoms with Crippen LogP contribution in [-0.4, -0.2) is 59.6 Å². The number of nitrogens with one attached hydrogen (secondary N) is 2. The van der Waals surface area contributed by atoms with E-state index in [-0.39, 0.29) is 30.7 Å². The van der Waals surface area contributed by atoms with Gasteiger partial charge in [0, 0.05) is 49.4 Å². The third-order valence-electron chi connectivity index (χ3n) is 5.62. The van der Waals surface area contributed by atoms with Gasteiger partial charge in [-0.05, 0) is 42.8 Å². The molecule has 0 bridgehead atoms. The van der Waals surface area contributed by atoms with Crippen LogP contribution < -0.4 is 10.2 Å².